The first kappa shape index (κ1) is 97.8. The Hall–Kier alpha value is -4.21. The molecule has 578 valence electrons. The number of fused-ring (bicyclic) bond motifs is 2. The number of non-ortho nitro benzene ring substituents is 1. The van der Waals surface area contributed by atoms with Gasteiger partial charge in [0.25, 0.3) is 5.69 Å². The van der Waals surface area contributed by atoms with E-state index in [1.165, 1.54) is 51.9 Å². The molecule has 1 unspecified atom stereocenters. The average molecular weight is 1630 g/mol. The number of nitrogens with zero attached hydrogens (tertiary/aromatic N) is 9. The van der Waals surface area contributed by atoms with Crippen molar-refractivity contribution in [2.45, 2.75) is 159 Å². The van der Waals surface area contributed by atoms with E-state index in [2.05, 4.69) is 40.9 Å². The quantitative estimate of drug-likeness (QED) is 0.00858. The maximum atomic E-state index is 13.6. The molecular formula is C63H97ClMgN11O21P3S4. The van der Waals surface area contributed by atoms with Gasteiger partial charge < -0.3 is 69.3 Å². The number of hydrogen-bond acceptors (Lipinski definition) is 33. The molecule has 9 N–H and O–H groups in total. The van der Waals surface area contributed by atoms with Crippen molar-refractivity contribution in [3.8, 4) is 17.9 Å². The van der Waals surface area contributed by atoms with E-state index in [0.717, 1.165) is 47.0 Å². The summed E-state index contributed by atoms with van der Waals surface area (Å²) in [5, 5.41) is 89.0. The number of aromatic nitrogens is 6. The third-order valence-corrected chi connectivity index (χ3v) is 21.4. The number of anilines is 2. The summed E-state index contributed by atoms with van der Waals surface area (Å²) in [6, 6.07) is 14.9. The predicted molar refractivity (Wildman–Crippen MR) is 400 cm³/mol. The monoisotopic (exact) mass is 1620 g/mol. The first-order valence-electron chi connectivity index (χ1n) is 31.4. The average Bonchev–Trinajstić information content (AvgIpc) is 1.63. The number of hydrogen-bond donors (Lipinski definition) is 7. The van der Waals surface area contributed by atoms with Crippen LogP contribution in [-0.2, 0) is 60.4 Å². The first-order chi connectivity index (χ1) is 47.3. The molecule has 2 saturated heterocycles. The van der Waals surface area contributed by atoms with Gasteiger partial charge >= 0.3 is 38.7 Å². The molecular weight excluding hydrogens is 1530 g/mol. The van der Waals surface area contributed by atoms with Crippen LogP contribution in [-0.4, -0.2) is 203 Å². The zero-order valence-corrected chi connectivity index (χ0v) is 68.3. The Morgan fingerprint density at radius 1 is 0.635 bits per heavy atom. The van der Waals surface area contributed by atoms with Crippen molar-refractivity contribution in [3.05, 3.63) is 88.6 Å². The Bertz CT molecular complexity index is 3730. The minimum Gasteiger partial charge on any atom is -1.00 e. The van der Waals surface area contributed by atoms with Crippen LogP contribution in [0.1, 0.15) is 135 Å². The topological polar surface area (TPSA) is 481 Å². The van der Waals surface area contributed by atoms with Gasteiger partial charge in [0.1, 0.15) is 84.8 Å². The minimum atomic E-state index is -4.42. The molecule has 4 aromatic heterocycles. The number of phosphoric ester groups is 2. The van der Waals surface area contributed by atoms with E-state index in [-0.39, 0.29) is 142 Å². The number of nitriles is 2. The molecule has 2 fully saturated rings. The number of nitro benzene ring substituents is 1. The summed E-state index contributed by atoms with van der Waals surface area (Å²) in [5.74, 6) is 2.66. The summed E-state index contributed by atoms with van der Waals surface area (Å²) in [6.45, 7) is 25.5. The van der Waals surface area contributed by atoms with Gasteiger partial charge in [-0.05, 0) is 36.4 Å². The van der Waals surface area contributed by atoms with Gasteiger partial charge in [-0.2, -0.15) is 51.3 Å². The maximum Gasteiger partial charge on any atom is 2.00 e. The van der Waals surface area contributed by atoms with Crippen molar-refractivity contribution < 1.29 is 108 Å². The molecule has 7 rings (SSSR count). The van der Waals surface area contributed by atoms with Crippen molar-refractivity contribution in [2.75, 3.05) is 74.1 Å². The number of nitro groups is 1. The van der Waals surface area contributed by atoms with Crippen LogP contribution in [0.15, 0.2) is 61.2 Å². The summed E-state index contributed by atoms with van der Waals surface area (Å²) < 4.78 is 78.9. The summed E-state index contributed by atoms with van der Waals surface area (Å²) in [6.07, 6.45) is -6.13. The van der Waals surface area contributed by atoms with Crippen LogP contribution in [0.4, 0.5) is 17.3 Å². The SMILES string of the molecule is C.CC(C)(C)C(=O)SCCOP(=O)(OCCSC(=O)C(C)(C)C)OC[C@@]1(C#N)O[C@@H](c2ccc3c(N)ncnn23)[C@H](O)[C@@H]1O.CC(C)(C)C(=O)SCCOP(=O)(OCCSC(=O)C(C)(C)C)Oc1ccc([N+](=O)[O-])cc1.C[C-](C)C.N#C[C@]1(CO)O[C@@H](c2ccc3c(N)ncnn23)[C@H](O)[C@@H]1O.[2H]P.[Cl-].[Mg+2]. The number of halogens is 1. The van der Waals surface area contributed by atoms with Gasteiger partial charge in [-0.15, -0.1) is 0 Å². The predicted octanol–water partition coefficient (Wildman–Crippen LogP) is 6.16. The van der Waals surface area contributed by atoms with Crippen molar-refractivity contribution in [1.29, 1.82) is 11.8 Å². The summed E-state index contributed by atoms with van der Waals surface area (Å²) >= 11 is 4.08. The van der Waals surface area contributed by atoms with Gasteiger partial charge in [-0.3, -0.25) is 51.9 Å². The van der Waals surface area contributed by atoms with E-state index in [0.29, 0.717) is 16.7 Å². The number of carbonyl (C=O) groups is 4. The van der Waals surface area contributed by atoms with E-state index in [1.807, 2.05) is 6.07 Å². The normalized spacial score (nSPS) is 20.3. The van der Waals surface area contributed by atoms with Gasteiger partial charge in [-0.1, -0.05) is 138 Å². The molecule has 0 radical (unpaired) electrons. The zero-order valence-electron chi connectivity index (χ0n) is 60.9. The molecule has 5 aromatic rings. The molecule has 41 heteroatoms. The Balaban J connectivity index is 0.00000154. The molecule has 0 saturated carbocycles. The maximum absolute atomic E-state index is 13.6. The molecule has 104 heavy (non-hydrogen) atoms. The van der Waals surface area contributed by atoms with Crippen LogP contribution in [0, 0.1) is 60.4 Å². The number of aliphatic hydroxyl groups is 5. The van der Waals surface area contributed by atoms with Gasteiger partial charge in [0.2, 0.25) is 11.2 Å². The van der Waals surface area contributed by atoms with E-state index < -0.39 is 103 Å². The largest absolute Gasteiger partial charge is 2.00 e. The van der Waals surface area contributed by atoms with Crippen molar-refractivity contribution in [2.24, 2.45) is 21.7 Å². The molecule has 6 heterocycles. The molecule has 9 atom stereocenters. The molecule has 2 aliphatic heterocycles. The van der Waals surface area contributed by atoms with Crippen LogP contribution in [0.5, 0.6) is 5.75 Å². The molecule has 0 amide bonds. The number of phosphoric acid groups is 2. The number of nitrogens with two attached hydrogens (primary N) is 2. The van der Waals surface area contributed by atoms with Gasteiger partial charge in [0.05, 0.1) is 50.6 Å². The van der Waals surface area contributed by atoms with E-state index >= 15 is 0 Å². The fourth-order valence-corrected chi connectivity index (χ4v) is 14.1. The fourth-order valence-electron chi connectivity index (χ4n) is 8.10. The van der Waals surface area contributed by atoms with E-state index in [9.17, 15) is 69.2 Å². The summed E-state index contributed by atoms with van der Waals surface area (Å²) in [7, 11) is -6.85. The van der Waals surface area contributed by atoms with Crippen molar-refractivity contribution in [3.63, 3.8) is 0 Å². The van der Waals surface area contributed by atoms with Gasteiger partial charge in [-0.25, -0.2) is 28.1 Å². The number of nitrogen functional groups attached to an aromatic ring is 2. The molecule has 2 aliphatic rings. The molecule has 0 aliphatic carbocycles. The number of thioether (sulfide) groups is 4. The number of carbonyl (C=O) groups excluding carboxylic acids is 4. The number of ether oxygens (including phenoxy) is 2. The summed E-state index contributed by atoms with van der Waals surface area (Å²) in [5.41, 5.74) is 6.81. The van der Waals surface area contributed by atoms with Crippen LogP contribution in [0.3, 0.4) is 0 Å². The second-order valence-corrected chi connectivity index (χ2v) is 34.4. The van der Waals surface area contributed by atoms with Gasteiger partial charge in [0.15, 0.2) is 32.1 Å². The number of rotatable bonds is 25. The standard InChI is InChI=1S/C26H38N5O9PS2.C20H30NO8PS2.C12H13N5O4.C4H9.CH4.ClH.Mg.H3P/c1-24(2,3)22(34)42-11-9-37-41(36,38-10-12-43-23(35)25(4,5)6)39-14-26(13-27)20(33)18(32)19(40-26)16-7-8-17-21(28)29-15-30-31(16)17;1-19(2,3)17(22)31-13-11-27-30(26,28-12-14-32-18(23)20(4,5)6)29-16-9-7-15(8-10-16)21(24)25;13-3-12(4-18)10(20)8(19)9(21-12)6-1-2-7-11(14)15-5-16-17(6)7;1-4(2)3;;;;/h7-8,15,18-20,32-33H,9-12,14H2,1-6H3,(H2,28,29,30);7-10H,11-14H2,1-6H3;1-2,5,8-10,18-20H,4H2,(H2,14,15,16);1-3H3;1H4;1H;;1H3/q;;;-1;;;+2;/p-1/t18-,19-,20-,26+;;8-,9-,10-,12+;;;;;/m0.0...../s1/i;;;;;;;1D. The van der Waals surface area contributed by atoms with Crippen molar-refractivity contribution in [1.82, 2.24) is 29.2 Å². The van der Waals surface area contributed by atoms with Crippen LogP contribution in [0.2, 0.25) is 0 Å². The van der Waals surface area contributed by atoms with Crippen LogP contribution in [0.25, 0.3) is 11.0 Å². The fraction of sp³-hybridized carbons (Fsp3) is 0.603. The summed E-state index contributed by atoms with van der Waals surface area (Å²) in [4.78, 5) is 66.5. The number of benzene rings is 1. The first-order valence-corrected chi connectivity index (χ1v) is 37.7. The Morgan fingerprint density at radius 3 is 1.25 bits per heavy atom. The second kappa shape index (κ2) is 43.2. The minimum absolute atomic E-state index is 0. The number of aliphatic hydroxyl groups excluding tert-OH is 5. The van der Waals surface area contributed by atoms with Crippen molar-refractivity contribution >= 4 is 144 Å². The Labute approximate surface area is 650 Å². The van der Waals surface area contributed by atoms with E-state index in [4.69, 9.17) is 54.6 Å². The molecule has 1 aromatic carbocycles. The second-order valence-electron chi connectivity index (χ2n) is 26.9. The smallest absolute Gasteiger partial charge is 1.00 e. The Kier molecular flexibility index (Phi) is 40.7. The third-order valence-electron chi connectivity index (χ3n) is 13.5. The van der Waals surface area contributed by atoms with Gasteiger partial charge in [0, 0.05) is 56.8 Å². The van der Waals surface area contributed by atoms with Crippen LogP contribution < -0.4 is 28.4 Å². The zero-order chi connectivity index (χ0) is 77.6. The molecule has 0 bridgehead atoms. The molecule has 0 spiro atoms. The Morgan fingerprint density at radius 2 is 0.952 bits per heavy atom. The molecule has 32 nitrogen and oxygen atoms in total. The third kappa shape index (κ3) is 28.7. The van der Waals surface area contributed by atoms with E-state index in [1.54, 1.807) is 123 Å². The van der Waals surface area contributed by atoms with Crippen LogP contribution >= 0.6 is 72.5 Å².